The summed E-state index contributed by atoms with van der Waals surface area (Å²) < 4.78 is 14.8. The second kappa shape index (κ2) is 7.63. The van der Waals surface area contributed by atoms with Crippen molar-refractivity contribution in [1.82, 2.24) is 4.98 Å². The van der Waals surface area contributed by atoms with Crippen molar-refractivity contribution in [3.05, 3.63) is 35.5 Å². The Morgan fingerprint density at radius 3 is 2.17 bits per heavy atom. The molecule has 0 aliphatic heterocycles. The van der Waals surface area contributed by atoms with Gasteiger partial charge in [-0.15, -0.1) is 0 Å². The molecule has 0 saturated heterocycles. The number of fused-ring (bicyclic) bond motifs is 1. The van der Waals surface area contributed by atoms with Gasteiger partial charge in [0.1, 0.15) is 5.69 Å². The molecule has 0 fully saturated rings. The van der Waals surface area contributed by atoms with Crippen LogP contribution in [0.25, 0.3) is 10.9 Å². The van der Waals surface area contributed by atoms with Crippen LogP contribution < -0.4 is 0 Å². The molecule has 0 unspecified atom stereocenters. The van der Waals surface area contributed by atoms with Gasteiger partial charge < -0.3 is 19.2 Å². The van der Waals surface area contributed by atoms with Gasteiger partial charge in [-0.1, -0.05) is 18.2 Å². The number of aromatic amines is 1. The van der Waals surface area contributed by atoms with Crippen molar-refractivity contribution in [2.45, 2.75) is 19.8 Å². The van der Waals surface area contributed by atoms with Crippen molar-refractivity contribution in [2.24, 2.45) is 0 Å². The molecule has 0 atom stereocenters. The van der Waals surface area contributed by atoms with Gasteiger partial charge in [0.05, 0.1) is 20.3 Å². The summed E-state index contributed by atoms with van der Waals surface area (Å²) in [5.74, 6) is -3.59. The molecule has 24 heavy (non-hydrogen) atoms. The predicted octanol–water partition coefficient (Wildman–Crippen LogP) is 2.16. The second-order valence-corrected chi connectivity index (χ2v) is 4.89. The van der Waals surface area contributed by atoms with Gasteiger partial charge in [0.2, 0.25) is 0 Å². The molecule has 0 spiro atoms. The van der Waals surface area contributed by atoms with Crippen LogP contribution in [0.15, 0.2) is 24.3 Å². The van der Waals surface area contributed by atoms with Gasteiger partial charge in [0, 0.05) is 16.5 Å². The SMILES string of the molecule is CCOC(=O)C(C(=O)OCC)c1c(C(=O)OC)[nH]c2ccccc12. The average molecular weight is 333 g/mol. The zero-order chi connectivity index (χ0) is 17.7. The van der Waals surface area contributed by atoms with E-state index in [9.17, 15) is 14.4 Å². The lowest BCUT2D eigenvalue weighted by Crippen LogP contribution is -2.27. The van der Waals surface area contributed by atoms with Gasteiger partial charge >= 0.3 is 17.9 Å². The Morgan fingerprint density at radius 1 is 1.04 bits per heavy atom. The fourth-order valence-corrected chi connectivity index (χ4v) is 2.51. The van der Waals surface area contributed by atoms with E-state index in [2.05, 4.69) is 4.98 Å². The standard InChI is InChI=1S/C17H19NO6/c1-4-23-15(19)13(16(20)24-5-2)12-10-8-6-7-9-11(10)18-14(12)17(21)22-3/h6-9,13,18H,4-5H2,1-3H3. The highest BCUT2D eigenvalue weighted by molar-refractivity contribution is 6.09. The van der Waals surface area contributed by atoms with Gasteiger partial charge in [0.25, 0.3) is 0 Å². The predicted molar refractivity (Wildman–Crippen MR) is 85.6 cm³/mol. The van der Waals surface area contributed by atoms with E-state index in [0.29, 0.717) is 10.9 Å². The molecule has 0 aliphatic carbocycles. The number of aromatic nitrogens is 1. The van der Waals surface area contributed by atoms with Crippen molar-refractivity contribution < 1.29 is 28.6 Å². The Kier molecular flexibility index (Phi) is 5.57. The Bertz CT molecular complexity index is 746. The van der Waals surface area contributed by atoms with Crippen LogP contribution in [-0.2, 0) is 23.8 Å². The third kappa shape index (κ3) is 3.24. The number of methoxy groups -OCH3 is 1. The summed E-state index contributed by atoms with van der Waals surface area (Å²) in [4.78, 5) is 39.8. The van der Waals surface area contributed by atoms with Crippen molar-refractivity contribution in [3.8, 4) is 0 Å². The van der Waals surface area contributed by atoms with Gasteiger partial charge in [-0.25, -0.2) is 4.79 Å². The minimum Gasteiger partial charge on any atom is -0.465 e. The first-order chi connectivity index (χ1) is 11.5. The first kappa shape index (κ1) is 17.5. The number of rotatable bonds is 6. The third-order valence-electron chi connectivity index (χ3n) is 3.47. The summed E-state index contributed by atoms with van der Waals surface area (Å²) in [6.07, 6.45) is 0. The molecule has 2 rings (SSSR count). The first-order valence-corrected chi connectivity index (χ1v) is 7.57. The fraction of sp³-hybridized carbons (Fsp3) is 0.353. The molecule has 1 N–H and O–H groups in total. The highest BCUT2D eigenvalue weighted by Gasteiger charge is 2.37. The van der Waals surface area contributed by atoms with E-state index in [1.165, 1.54) is 7.11 Å². The molecule has 128 valence electrons. The molecule has 0 aliphatic rings. The quantitative estimate of drug-likeness (QED) is 0.494. The number of hydrogen-bond acceptors (Lipinski definition) is 6. The third-order valence-corrected chi connectivity index (χ3v) is 3.47. The lowest BCUT2D eigenvalue weighted by atomic mass is 9.95. The largest absolute Gasteiger partial charge is 0.465 e. The maximum absolute atomic E-state index is 12.4. The molecule has 0 amide bonds. The molecular weight excluding hydrogens is 314 g/mol. The van der Waals surface area contributed by atoms with E-state index in [4.69, 9.17) is 14.2 Å². The molecule has 1 aromatic carbocycles. The van der Waals surface area contributed by atoms with Crippen molar-refractivity contribution in [2.75, 3.05) is 20.3 Å². The van der Waals surface area contributed by atoms with Crippen LogP contribution in [0.3, 0.4) is 0 Å². The van der Waals surface area contributed by atoms with Gasteiger partial charge in [0.15, 0.2) is 5.92 Å². The molecule has 2 aromatic rings. The highest BCUT2D eigenvalue weighted by atomic mass is 16.6. The minimum atomic E-state index is -1.37. The summed E-state index contributed by atoms with van der Waals surface area (Å²) in [6.45, 7) is 3.47. The van der Waals surface area contributed by atoms with E-state index >= 15 is 0 Å². The molecule has 0 bridgehead atoms. The van der Waals surface area contributed by atoms with E-state index in [1.54, 1.807) is 38.1 Å². The number of para-hydroxylation sites is 1. The summed E-state index contributed by atoms with van der Waals surface area (Å²) in [5, 5.41) is 0.559. The summed E-state index contributed by atoms with van der Waals surface area (Å²) in [6, 6.07) is 6.96. The van der Waals surface area contributed by atoms with Gasteiger partial charge in [-0.2, -0.15) is 0 Å². The molecule has 0 saturated carbocycles. The number of carbonyl (C=O) groups is 3. The monoisotopic (exact) mass is 333 g/mol. The maximum atomic E-state index is 12.4. The Hall–Kier alpha value is -2.83. The normalized spacial score (nSPS) is 10.7. The number of carbonyl (C=O) groups excluding carboxylic acids is 3. The molecular formula is C17H19NO6. The zero-order valence-corrected chi connectivity index (χ0v) is 13.8. The van der Waals surface area contributed by atoms with E-state index in [-0.39, 0.29) is 24.5 Å². The van der Waals surface area contributed by atoms with Crippen molar-refractivity contribution in [1.29, 1.82) is 0 Å². The topological polar surface area (TPSA) is 94.7 Å². The Labute approximate surface area is 138 Å². The number of hydrogen-bond donors (Lipinski definition) is 1. The van der Waals surface area contributed by atoms with Crippen LogP contribution in [0.4, 0.5) is 0 Å². The van der Waals surface area contributed by atoms with Crippen LogP contribution in [0, 0.1) is 0 Å². The minimum absolute atomic E-state index is 0.0322. The maximum Gasteiger partial charge on any atom is 0.354 e. The van der Waals surface area contributed by atoms with Crippen LogP contribution in [-0.4, -0.2) is 43.2 Å². The molecule has 1 aromatic heterocycles. The highest BCUT2D eigenvalue weighted by Crippen LogP contribution is 2.32. The number of H-pyrrole nitrogens is 1. The first-order valence-electron chi connectivity index (χ1n) is 7.57. The van der Waals surface area contributed by atoms with Crippen molar-refractivity contribution in [3.63, 3.8) is 0 Å². The lowest BCUT2D eigenvalue weighted by molar-refractivity contribution is -0.156. The molecule has 7 nitrogen and oxygen atoms in total. The Balaban J connectivity index is 2.69. The van der Waals surface area contributed by atoms with E-state index in [1.807, 2.05) is 0 Å². The lowest BCUT2D eigenvalue weighted by Gasteiger charge is -2.15. The van der Waals surface area contributed by atoms with Gasteiger partial charge in [-0.3, -0.25) is 9.59 Å². The second-order valence-electron chi connectivity index (χ2n) is 4.89. The van der Waals surface area contributed by atoms with Crippen molar-refractivity contribution >= 4 is 28.8 Å². The Morgan fingerprint density at radius 2 is 1.62 bits per heavy atom. The number of nitrogens with one attached hydrogen (secondary N) is 1. The number of benzene rings is 1. The van der Waals surface area contributed by atoms with Crippen LogP contribution in [0.1, 0.15) is 35.8 Å². The summed E-state index contributed by atoms with van der Waals surface area (Å²) in [5.41, 5.74) is 0.839. The zero-order valence-electron chi connectivity index (χ0n) is 13.8. The van der Waals surface area contributed by atoms with E-state index < -0.39 is 23.8 Å². The fourth-order valence-electron chi connectivity index (χ4n) is 2.51. The molecule has 1 heterocycles. The smallest absolute Gasteiger partial charge is 0.354 e. The van der Waals surface area contributed by atoms with Crippen LogP contribution in [0.5, 0.6) is 0 Å². The average Bonchev–Trinajstić information content (AvgIpc) is 2.94. The summed E-state index contributed by atoms with van der Waals surface area (Å²) >= 11 is 0. The van der Waals surface area contributed by atoms with E-state index in [0.717, 1.165) is 0 Å². The van der Waals surface area contributed by atoms with Crippen LogP contribution >= 0.6 is 0 Å². The number of ether oxygens (including phenoxy) is 3. The molecule has 7 heteroatoms. The number of esters is 3. The summed E-state index contributed by atoms with van der Waals surface area (Å²) in [7, 11) is 1.22. The van der Waals surface area contributed by atoms with Gasteiger partial charge in [-0.05, 0) is 19.9 Å². The molecule has 0 radical (unpaired) electrons. The van der Waals surface area contributed by atoms with Crippen LogP contribution in [0.2, 0.25) is 0 Å².